The van der Waals surface area contributed by atoms with Crippen LogP contribution >= 0.6 is 0 Å². The van der Waals surface area contributed by atoms with E-state index in [-0.39, 0.29) is 22.3 Å². The third-order valence-corrected chi connectivity index (χ3v) is 14.8. The molecule has 0 aromatic heterocycles. The molecule has 0 aliphatic heterocycles. The summed E-state index contributed by atoms with van der Waals surface area (Å²) in [6, 6.07) is 0. The van der Waals surface area contributed by atoms with Gasteiger partial charge in [-0.1, -0.05) is 72.6 Å². The van der Waals surface area contributed by atoms with E-state index in [0.29, 0.717) is 0 Å². The predicted molar refractivity (Wildman–Crippen MR) is 122 cm³/mol. The van der Waals surface area contributed by atoms with E-state index in [4.69, 9.17) is 15.3 Å². The molecule has 0 amide bonds. The second kappa shape index (κ2) is 9.55. The van der Waals surface area contributed by atoms with Crippen LogP contribution in [0.2, 0.25) is 36.3 Å². The molecule has 0 aliphatic carbocycles. The first-order chi connectivity index (χ1) is 11.6. The average molecular weight is 395 g/mol. The van der Waals surface area contributed by atoms with E-state index in [9.17, 15) is 0 Å². The summed E-state index contributed by atoms with van der Waals surface area (Å²) in [7, 11) is -3.79. The minimum atomic E-state index is -1.92. The first kappa shape index (κ1) is 25.4. The highest BCUT2D eigenvalue weighted by Crippen LogP contribution is 2.41. The van der Waals surface area contributed by atoms with Gasteiger partial charge in [0.1, 0.15) is 0 Å². The van der Waals surface area contributed by atoms with E-state index in [1.165, 1.54) is 0 Å². The normalized spacial score (nSPS) is 16.8. The topological polar surface area (TPSA) is 18.5 Å². The zero-order valence-electron chi connectivity index (χ0n) is 19.1. The molecule has 0 unspecified atom stereocenters. The van der Waals surface area contributed by atoms with Crippen molar-refractivity contribution in [2.24, 2.45) is 0 Å². The van der Waals surface area contributed by atoms with E-state index in [1.54, 1.807) is 6.08 Å². The molecular formula is C22H42O2Si2. The van der Waals surface area contributed by atoms with Crippen molar-refractivity contribution >= 4 is 16.6 Å². The van der Waals surface area contributed by atoms with E-state index in [2.05, 4.69) is 86.7 Å². The van der Waals surface area contributed by atoms with Gasteiger partial charge in [0.05, 0.1) is 12.2 Å². The molecule has 0 saturated heterocycles. The van der Waals surface area contributed by atoms with Gasteiger partial charge in [-0.2, -0.15) is 0 Å². The Morgan fingerprint density at radius 3 is 1.73 bits per heavy atom. The fourth-order valence-electron chi connectivity index (χ4n) is 1.98. The molecule has 0 saturated carbocycles. The van der Waals surface area contributed by atoms with E-state index < -0.39 is 16.6 Å². The van der Waals surface area contributed by atoms with Gasteiger partial charge in [0.2, 0.25) is 0 Å². The van der Waals surface area contributed by atoms with Crippen molar-refractivity contribution < 1.29 is 8.85 Å². The molecule has 0 aliphatic rings. The molecule has 0 aromatic rings. The highest BCUT2D eigenvalue weighted by Gasteiger charge is 2.43. The summed E-state index contributed by atoms with van der Waals surface area (Å²) in [5.41, 5.74) is 0. The SMILES string of the molecule is C#C/C=C/C=C/[C@@H](O[Si](C)(C)C(C)(C)C)[C@@H](CC)O[Si](C)(C)C(C)(C)C. The lowest BCUT2D eigenvalue weighted by molar-refractivity contribution is 0.0609. The average Bonchev–Trinajstić information content (AvgIpc) is 2.45. The van der Waals surface area contributed by atoms with Crippen molar-refractivity contribution in [1.82, 2.24) is 0 Å². The molecule has 0 N–H and O–H groups in total. The molecule has 0 spiro atoms. The Balaban J connectivity index is 5.70. The van der Waals surface area contributed by atoms with Gasteiger partial charge in [-0.25, -0.2) is 0 Å². The van der Waals surface area contributed by atoms with E-state index in [1.807, 2.05) is 12.2 Å². The standard InChI is InChI=1S/C22H42O2Si2/c1-13-15-16-17-18-20(24-26(11,12)22(6,7)8)19(14-2)23-25(9,10)21(3,4)5/h1,15-20H,14H2,2-12H3/b16-15+,18-17+/t19-,20-/m1/s1. The first-order valence-corrected chi connectivity index (χ1v) is 15.6. The third kappa shape index (κ3) is 7.56. The van der Waals surface area contributed by atoms with Gasteiger partial charge in [0, 0.05) is 0 Å². The van der Waals surface area contributed by atoms with Crippen LogP contribution in [-0.4, -0.2) is 28.8 Å². The Bertz CT molecular complexity index is 526. The number of hydrogen-bond donors (Lipinski definition) is 0. The number of allylic oxidation sites excluding steroid dienone is 3. The molecule has 0 bridgehead atoms. The molecular weight excluding hydrogens is 352 g/mol. The van der Waals surface area contributed by atoms with Crippen LogP contribution in [-0.2, 0) is 8.85 Å². The molecule has 2 nitrogen and oxygen atoms in total. The van der Waals surface area contributed by atoms with Crippen LogP contribution in [0.1, 0.15) is 54.9 Å². The van der Waals surface area contributed by atoms with Crippen molar-refractivity contribution in [2.45, 2.75) is 103 Å². The zero-order chi connectivity index (χ0) is 20.8. The second-order valence-corrected chi connectivity index (χ2v) is 19.6. The minimum absolute atomic E-state index is 0.0560. The Hall–Kier alpha value is -0.606. The van der Waals surface area contributed by atoms with Gasteiger partial charge in [0.15, 0.2) is 16.6 Å². The van der Waals surface area contributed by atoms with Crippen molar-refractivity contribution in [3.8, 4) is 12.3 Å². The van der Waals surface area contributed by atoms with E-state index in [0.717, 1.165) is 6.42 Å². The number of terminal acetylenes is 1. The lowest BCUT2D eigenvalue weighted by Crippen LogP contribution is -2.51. The molecule has 0 rings (SSSR count). The van der Waals surface area contributed by atoms with E-state index >= 15 is 0 Å². The summed E-state index contributed by atoms with van der Waals surface area (Å²) in [6.45, 7) is 25.0. The molecule has 150 valence electrons. The summed E-state index contributed by atoms with van der Waals surface area (Å²) in [5.74, 6) is 2.53. The monoisotopic (exact) mass is 394 g/mol. The maximum atomic E-state index is 6.76. The fourth-order valence-corrected chi connectivity index (χ4v) is 4.65. The minimum Gasteiger partial charge on any atom is -0.411 e. The molecule has 26 heavy (non-hydrogen) atoms. The molecule has 0 aromatic carbocycles. The van der Waals surface area contributed by atoms with Gasteiger partial charge >= 0.3 is 0 Å². The Labute approximate surface area is 165 Å². The maximum absolute atomic E-state index is 6.76. The fraction of sp³-hybridized carbons (Fsp3) is 0.727. The second-order valence-electron chi connectivity index (χ2n) is 10.1. The molecule has 2 atom stereocenters. The Kier molecular flexibility index (Phi) is 9.32. The lowest BCUT2D eigenvalue weighted by Gasteiger charge is -2.44. The summed E-state index contributed by atoms with van der Waals surface area (Å²) >= 11 is 0. The van der Waals surface area contributed by atoms with Crippen molar-refractivity contribution in [3.63, 3.8) is 0 Å². The van der Waals surface area contributed by atoms with Gasteiger partial charge in [-0.3, -0.25) is 0 Å². The quantitative estimate of drug-likeness (QED) is 0.252. The summed E-state index contributed by atoms with van der Waals surface area (Å²) in [5, 5.41) is 0.331. The Morgan fingerprint density at radius 1 is 0.885 bits per heavy atom. The van der Waals surface area contributed by atoms with Crippen LogP contribution in [0.15, 0.2) is 24.3 Å². The highest BCUT2D eigenvalue weighted by molar-refractivity contribution is 6.74. The van der Waals surface area contributed by atoms with Crippen molar-refractivity contribution in [3.05, 3.63) is 24.3 Å². The smallest absolute Gasteiger partial charge is 0.193 e. The van der Waals surface area contributed by atoms with Crippen LogP contribution in [0.3, 0.4) is 0 Å². The number of rotatable bonds is 8. The van der Waals surface area contributed by atoms with Gasteiger partial charge in [0.25, 0.3) is 0 Å². The van der Waals surface area contributed by atoms with Crippen LogP contribution < -0.4 is 0 Å². The van der Waals surface area contributed by atoms with Gasteiger partial charge < -0.3 is 8.85 Å². The third-order valence-electron chi connectivity index (χ3n) is 5.86. The van der Waals surface area contributed by atoms with Gasteiger partial charge in [-0.05, 0) is 48.8 Å². The van der Waals surface area contributed by atoms with Crippen molar-refractivity contribution in [1.29, 1.82) is 0 Å². The lowest BCUT2D eigenvalue weighted by atomic mass is 10.1. The predicted octanol–water partition coefficient (Wildman–Crippen LogP) is 6.92. The molecule has 0 radical (unpaired) electrons. The molecule has 0 heterocycles. The van der Waals surface area contributed by atoms with Gasteiger partial charge in [-0.15, -0.1) is 6.42 Å². The first-order valence-electron chi connectivity index (χ1n) is 9.74. The maximum Gasteiger partial charge on any atom is 0.193 e. The van der Waals surface area contributed by atoms with Crippen molar-refractivity contribution in [2.75, 3.05) is 0 Å². The largest absolute Gasteiger partial charge is 0.411 e. The summed E-state index contributed by atoms with van der Waals surface area (Å²) in [6.07, 6.45) is 13.9. The van der Waals surface area contributed by atoms with Crippen LogP contribution in [0.4, 0.5) is 0 Å². The molecule has 0 fully saturated rings. The molecule has 4 heteroatoms. The van der Waals surface area contributed by atoms with Crippen LogP contribution in [0, 0.1) is 12.3 Å². The summed E-state index contributed by atoms with van der Waals surface area (Å²) in [4.78, 5) is 0. The zero-order valence-corrected chi connectivity index (χ0v) is 21.1. The summed E-state index contributed by atoms with van der Waals surface area (Å²) < 4.78 is 13.5. The number of hydrogen-bond acceptors (Lipinski definition) is 2. The van der Waals surface area contributed by atoms with Crippen LogP contribution in [0.5, 0.6) is 0 Å². The van der Waals surface area contributed by atoms with Crippen LogP contribution in [0.25, 0.3) is 0 Å². The highest BCUT2D eigenvalue weighted by atomic mass is 28.4. The Morgan fingerprint density at radius 2 is 1.35 bits per heavy atom.